The Labute approximate surface area is 152 Å². The van der Waals surface area contributed by atoms with E-state index in [1.165, 1.54) is 24.3 Å². The third kappa shape index (κ3) is 3.06. The van der Waals surface area contributed by atoms with Crippen LogP contribution in [-0.4, -0.2) is 17.0 Å². The van der Waals surface area contributed by atoms with Gasteiger partial charge in [-0.3, -0.25) is 4.79 Å². The fourth-order valence-electron chi connectivity index (χ4n) is 2.22. The summed E-state index contributed by atoms with van der Waals surface area (Å²) < 4.78 is 0. The first-order valence-corrected chi connectivity index (χ1v) is 7.81. The van der Waals surface area contributed by atoms with Crippen molar-refractivity contribution in [1.82, 2.24) is 5.32 Å². The number of nitrogens with zero attached hydrogens (tertiary/aromatic N) is 1. The van der Waals surface area contributed by atoms with Crippen LogP contribution in [0.25, 0.3) is 6.08 Å². The maximum atomic E-state index is 12.5. The van der Waals surface area contributed by atoms with Crippen LogP contribution < -0.4 is 10.2 Å². The number of hydrogen-bond acceptors (Lipinski definition) is 3. The molecule has 122 valence electrons. The van der Waals surface area contributed by atoms with E-state index in [1.54, 1.807) is 18.2 Å². The molecule has 8 heteroatoms. The van der Waals surface area contributed by atoms with Crippen molar-refractivity contribution in [2.75, 3.05) is 4.90 Å². The van der Waals surface area contributed by atoms with Crippen molar-refractivity contribution in [2.24, 2.45) is 0 Å². The molecule has 24 heavy (non-hydrogen) atoms. The van der Waals surface area contributed by atoms with Crippen LogP contribution in [0.2, 0.25) is 15.1 Å². The number of benzene rings is 2. The zero-order chi connectivity index (χ0) is 17.4. The number of aromatic hydroxyl groups is 1. The minimum Gasteiger partial charge on any atom is -0.505 e. The summed E-state index contributed by atoms with van der Waals surface area (Å²) in [6.07, 6.45) is 1.42. The van der Waals surface area contributed by atoms with Gasteiger partial charge in [0, 0.05) is 5.02 Å². The lowest BCUT2D eigenvalue weighted by atomic mass is 10.1. The summed E-state index contributed by atoms with van der Waals surface area (Å²) in [6.45, 7) is 0. The molecule has 0 aliphatic carbocycles. The molecule has 2 aromatic rings. The van der Waals surface area contributed by atoms with Gasteiger partial charge < -0.3 is 10.4 Å². The summed E-state index contributed by atoms with van der Waals surface area (Å²) in [4.78, 5) is 25.6. The van der Waals surface area contributed by atoms with Crippen molar-refractivity contribution in [3.63, 3.8) is 0 Å². The lowest BCUT2D eigenvalue weighted by molar-refractivity contribution is -0.113. The number of hydrogen-bond donors (Lipinski definition) is 2. The number of phenols is 1. The first kappa shape index (κ1) is 16.6. The van der Waals surface area contributed by atoms with E-state index < -0.39 is 11.9 Å². The van der Waals surface area contributed by atoms with Gasteiger partial charge in [-0.2, -0.15) is 0 Å². The summed E-state index contributed by atoms with van der Waals surface area (Å²) in [6, 6.07) is 8.65. The maximum absolute atomic E-state index is 12.5. The standard InChI is InChI=1S/C16H9Cl3N2O3/c17-9-2-1-3-10(7-9)21-15(23)13(20-16(21)24)6-8-4-11(18)14(22)12(19)5-8/h1-7,22H,(H,20,24). The average Bonchev–Trinajstić information content (AvgIpc) is 2.79. The number of halogens is 3. The van der Waals surface area contributed by atoms with Gasteiger partial charge in [-0.1, -0.05) is 40.9 Å². The largest absolute Gasteiger partial charge is 0.505 e. The van der Waals surface area contributed by atoms with Crippen LogP contribution in [0.3, 0.4) is 0 Å². The van der Waals surface area contributed by atoms with Gasteiger partial charge in [0.05, 0.1) is 15.7 Å². The monoisotopic (exact) mass is 382 g/mol. The number of amides is 3. The van der Waals surface area contributed by atoms with Gasteiger partial charge in [0.15, 0.2) is 5.75 Å². The second-order valence-electron chi connectivity index (χ2n) is 4.94. The second kappa shape index (κ2) is 6.36. The molecule has 1 fully saturated rings. The molecule has 0 unspecified atom stereocenters. The topological polar surface area (TPSA) is 69.6 Å². The van der Waals surface area contributed by atoms with Crippen LogP contribution in [0.15, 0.2) is 42.1 Å². The molecule has 5 nitrogen and oxygen atoms in total. The molecule has 2 aromatic carbocycles. The molecule has 0 saturated carbocycles. The first-order chi connectivity index (χ1) is 11.4. The third-order valence-electron chi connectivity index (χ3n) is 3.29. The molecule has 3 rings (SSSR count). The molecule has 2 N–H and O–H groups in total. The summed E-state index contributed by atoms with van der Waals surface area (Å²) in [5, 5.41) is 12.5. The van der Waals surface area contributed by atoms with E-state index in [4.69, 9.17) is 34.8 Å². The molecule has 0 aromatic heterocycles. The number of carbonyl (C=O) groups is 2. The van der Waals surface area contributed by atoms with Crippen molar-refractivity contribution < 1.29 is 14.7 Å². The van der Waals surface area contributed by atoms with Crippen molar-refractivity contribution in [1.29, 1.82) is 0 Å². The summed E-state index contributed by atoms with van der Waals surface area (Å²) >= 11 is 17.6. The number of anilines is 1. The number of carbonyl (C=O) groups excluding carboxylic acids is 2. The highest BCUT2D eigenvalue weighted by atomic mass is 35.5. The van der Waals surface area contributed by atoms with Crippen LogP contribution in [-0.2, 0) is 4.79 Å². The number of imide groups is 1. The molecule has 0 radical (unpaired) electrons. The Kier molecular flexibility index (Phi) is 4.41. The Morgan fingerprint density at radius 1 is 1.04 bits per heavy atom. The van der Waals surface area contributed by atoms with Crippen LogP contribution in [0.4, 0.5) is 10.5 Å². The van der Waals surface area contributed by atoms with E-state index in [2.05, 4.69) is 5.32 Å². The van der Waals surface area contributed by atoms with Gasteiger partial charge in [-0.15, -0.1) is 0 Å². The first-order valence-electron chi connectivity index (χ1n) is 6.67. The van der Waals surface area contributed by atoms with Gasteiger partial charge in [0.1, 0.15) is 5.70 Å². The number of phenolic OH excluding ortho intramolecular Hbond substituents is 1. The minimum absolute atomic E-state index is 0.0396. The maximum Gasteiger partial charge on any atom is 0.333 e. The third-order valence-corrected chi connectivity index (χ3v) is 4.11. The molecule has 0 bridgehead atoms. The Balaban J connectivity index is 1.97. The normalized spacial score (nSPS) is 16.0. The van der Waals surface area contributed by atoms with E-state index in [-0.39, 0.29) is 21.5 Å². The second-order valence-corrected chi connectivity index (χ2v) is 6.19. The molecule has 1 aliphatic heterocycles. The molecular weight excluding hydrogens is 375 g/mol. The Morgan fingerprint density at radius 3 is 2.33 bits per heavy atom. The predicted octanol–water partition coefficient (Wildman–Crippen LogP) is 4.45. The molecular formula is C16H9Cl3N2O3. The fraction of sp³-hybridized carbons (Fsp3) is 0. The average molecular weight is 384 g/mol. The fourth-order valence-corrected chi connectivity index (χ4v) is 2.91. The zero-order valence-electron chi connectivity index (χ0n) is 11.9. The van der Waals surface area contributed by atoms with Gasteiger partial charge in [0.2, 0.25) is 0 Å². The van der Waals surface area contributed by atoms with E-state index in [1.807, 2.05) is 0 Å². The smallest absolute Gasteiger partial charge is 0.333 e. The number of urea groups is 1. The van der Waals surface area contributed by atoms with E-state index >= 15 is 0 Å². The van der Waals surface area contributed by atoms with E-state index in [9.17, 15) is 14.7 Å². The highest BCUT2D eigenvalue weighted by Crippen LogP contribution is 2.33. The zero-order valence-corrected chi connectivity index (χ0v) is 14.2. The molecule has 1 heterocycles. The van der Waals surface area contributed by atoms with Crippen LogP contribution >= 0.6 is 34.8 Å². The SMILES string of the molecule is O=C1NC(=Cc2cc(Cl)c(O)c(Cl)c2)C(=O)N1c1cccc(Cl)c1. The Morgan fingerprint density at radius 2 is 1.71 bits per heavy atom. The lowest BCUT2D eigenvalue weighted by Gasteiger charge is -2.11. The highest BCUT2D eigenvalue weighted by molar-refractivity contribution is 6.37. The highest BCUT2D eigenvalue weighted by Gasteiger charge is 2.34. The molecule has 3 amide bonds. The van der Waals surface area contributed by atoms with Crippen molar-refractivity contribution in [3.8, 4) is 5.75 Å². The number of rotatable bonds is 2. The summed E-state index contributed by atoms with van der Waals surface area (Å²) in [5.41, 5.74) is 0.868. The Bertz CT molecular complexity index is 873. The summed E-state index contributed by atoms with van der Waals surface area (Å²) in [5.74, 6) is -0.787. The van der Waals surface area contributed by atoms with Crippen molar-refractivity contribution >= 4 is 58.5 Å². The minimum atomic E-state index is -0.593. The Hall–Kier alpha value is -2.21. The van der Waals surface area contributed by atoms with E-state index in [0.717, 1.165) is 4.90 Å². The van der Waals surface area contributed by atoms with Gasteiger partial charge in [-0.25, -0.2) is 9.69 Å². The van der Waals surface area contributed by atoms with Gasteiger partial charge in [0.25, 0.3) is 5.91 Å². The van der Waals surface area contributed by atoms with Crippen LogP contribution in [0, 0.1) is 0 Å². The number of nitrogens with one attached hydrogen (secondary N) is 1. The van der Waals surface area contributed by atoms with Gasteiger partial charge >= 0.3 is 6.03 Å². The van der Waals surface area contributed by atoms with E-state index in [0.29, 0.717) is 16.3 Å². The molecule has 0 spiro atoms. The summed E-state index contributed by atoms with van der Waals surface area (Å²) in [7, 11) is 0. The quantitative estimate of drug-likeness (QED) is 0.594. The van der Waals surface area contributed by atoms with Crippen LogP contribution in [0.5, 0.6) is 5.75 Å². The predicted molar refractivity (Wildman–Crippen MR) is 93.6 cm³/mol. The van der Waals surface area contributed by atoms with Crippen molar-refractivity contribution in [3.05, 3.63) is 62.7 Å². The lowest BCUT2D eigenvalue weighted by Crippen LogP contribution is -2.30. The van der Waals surface area contributed by atoms with Crippen molar-refractivity contribution in [2.45, 2.75) is 0 Å². The molecule has 0 atom stereocenters. The molecule has 1 aliphatic rings. The van der Waals surface area contributed by atoms with Gasteiger partial charge in [-0.05, 0) is 42.0 Å². The molecule has 1 saturated heterocycles. The van der Waals surface area contributed by atoms with Crippen LogP contribution in [0.1, 0.15) is 5.56 Å².